The van der Waals surface area contributed by atoms with Crippen molar-refractivity contribution in [3.05, 3.63) is 12.7 Å². The van der Waals surface area contributed by atoms with Crippen molar-refractivity contribution < 1.29 is 19.5 Å². The summed E-state index contributed by atoms with van der Waals surface area (Å²) in [5.74, 6) is -0.785. The fourth-order valence-electron chi connectivity index (χ4n) is 1.83. The second-order valence-electron chi connectivity index (χ2n) is 5.27. The number of carbonyl (C=O) groups is 2. The van der Waals surface area contributed by atoms with E-state index in [1.807, 2.05) is 26.7 Å². The highest BCUT2D eigenvalue weighted by atomic mass is 16.7. The van der Waals surface area contributed by atoms with E-state index < -0.39 is 12.0 Å². The Morgan fingerprint density at radius 3 is 2.43 bits per heavy atom. The minimum Gasteiger partial charge on any atom is -0.480 e. The zero-order chi connectivity index (χ0) is 16.9. The van der Waals surface area contributed by atoms with Gasteiger partial charge in [-0.2, -0.15) is 5.06 Å². The number of allylic oxidation sites excluding steroid dienone is 1. The summed E-state index contributed by atoms with van der Waals surface area (Å²) >= 11 is 0. The van der Waals surface area contributed by atoms with Crippen LogP contribution in [-0.4, -0.2) is 42.1 Å². The van der Waals surface area contributed by atoms with Gasteiger partial charge in [-0.25, -0.2) is 0 Å². The maximum absolute atomic E-state index is 11.0. The smallest absolute Gasteiger partial charge is 0.323 e. The lowest BCUT2D eigenvalue weighted by molar-refractivity contribution is -0.210. The summed E-state index contributed by atoms with van der Waals surface area (Å²) in [6.45, 7) is 15.2. The van der Waals surface area contributed by atoms with Gasteiger partial charge in [0.25, 0.3) is 0 Å². The molecular formula is C16H31NO4. The molecular weight excluding hydrogens is 270 g/mol. The normalized spacial score (nSPS) is 18.6. The van der Waals surface area contributed by atoms with Crippen molar-refractivity contribution in [3.63, 3.8) is 0 Å². The van der Waals surface area contributed by atoms with Gasteiger partial charge in [-0.15, -0.1) is 6.58 Å². The molecule has 0 aromatic rings. The van der Waals surface area contributed by atoms with Gasteiger partial charge in [-0.05, 0) is 31.1 Å². The summed E-state index contributed by atoms with van der Waals surface area (Å²) in [4.78, 5) is 24.6. The highest BCUT2D eigenvalue weighted by Crippen LogP contribution is 2.23. The molecule has 1 aliphatic heterocycles. The number of hydrogen-bond donors (Lipinski definition) is 1. The Hall–Kier alpha value is -1.20. The van der Waals surface area contributed by atoms with E-state index in [4.69, 9.17) is 14.7 Å². The van der Waals surface area contributed by atoms with E-state index in [2.05, 4.69) is 20.4 Å². The standard InChI is InChI=1S/C13H23NO3.C2H6.CH2O/c1-4-13(2,3)8-10-17-14-9-6-5-7-11(14)12(15)16;2*1-2/h4,11H,1,5-10H2,2-3H3,(H,15,16);1-2H3;1H2/t11-;;/m0../s1. The third kappa shape index (κ3) is 9.37. The molecule has 0 bridgehead atoms. The van der Waals surface area contributed by atoms with E-state index in [1.165, 1.54) is 0 Å². The number of piperidine rings is 1. The molecule has 1 N–H and O–H groups in total. The van der Waals surface area contributed by atoms with Gasteiger partial charge in [0.1, 0.15) is 12.8 Å². The molecule has 0 radical (unpaired) electrons. The number of hydrogen-bond acceptors (Lipinski definition) is 4. The fourth-order valence-corrected chi connectivity index (χ4v) is 1.83. The number of carbonyl (C=O) groups excluding carboxylic acids is 1. The summed E-state index contributed by atoms with van der Waals surface area (Å²) < 4.78 is 0. The second-order valence-corrected chi connectivity index (χ2v) is 5.27. The van der Waals surface area contributed by atoms with Crippen molar-refractivity contribution in [1.82, 2.24) is 5.06 Å². The first-order valence-corrected chi connectivity index (χ1v) is 7.51. The van der Waals surface area contributed by atoms with Crippen molar-refractivity contribution in [3.8, 4) is 0 Å². The molecule has 1 heterocycles. The zero-order valence-corrected chi connectivity index (χ0v) is 13.9. The van der Waals surface area contributed by atoms with Crippen molar-refractivity contribution in [2.45, 2.75) is 59.4 Å². The molecule has 21 heavy (non-hydrogen) atoms. The van der Waals surface area contributed by atoms with Crippen LogP contribution in [0.3, 0.4) is 0 Å². The number of rotatable bonds is 6. The first-order chi connectivity index (χ1) is 9.96. The molecule has 5 nitrogen and oxygen atoms in total. The molecule has 0 saturated carbocycles. The molecule has 0 aromatic carbocycles. The molecule has 0 spiro atoms. The molecule has 1 aliphatic rings. The molecule has 1 fully saturated rings. The Balaban J connectivity index is 0. The van der Waals surface area contributed by atoms with Gasteiger partial charge in [-0.1, -0.05) is 33.8 Å². The summed E-state index contributed by atoms with van der Waals surface area (Å²) in [5, 5.41) is 10.7. The number of aliphatic carboxylic acids is 1. The third-order valence-electron chi connectivity index (χ3n) is 3.29. The van der Waals surface area contributed by atoms with E-state index in [0.717, 1.165) is 19.3 Å². The molecule has 0 aliphatic carbocycles. The molecule has 124 valence electrons. The minimum absolute atomic E-state index is 0.0362. The van der Waals surface area contributed by atoms with Crippen LogP contribution in [0, 0.1) is 5.41 Å². The van der Waals surface area contributed by atoms with Gasteiger partial charge in [-0.3, -0.25) is 9.63 Å². The van der Waals surface area contributed by atoms with Crippen LogP contribution in [0.2, 0.25) is 0 Å². The van der Waals surface area contributed by atoms with E-state index in [-0.39, 0.29) is 5.41 Å². The quantitative estimate of drug-likeness (QED) is 0.762. The third-order valence-corrected chi connectivity index (χ3v) is 3.29. The Morgan fingerprint density at radius 2 is 1.95 bits per heavy atom. The number of carboxylic acids is 1. The lowest BCUT2D eigenvalue weighted by Gasteiger charge is -2.32. The predicted molar refractivity (Wildman–Crippen MR) is 85.0 cm³/mol. The van der Waals surface area contributed by atoms with Crippen molar-refractivity contribution in [2.75, 3.05) is 13.2 Å². The maximum Gasteiger partial charge on any atom is 0.323 e. The average molecular weight is 301 g/mol. The Bertz CT molecular complexity index is 292. The first kappa shape index (κ1) is 22.1. The molecule has 0 amide bonds. The van der Waals surface area contributed by atoms with Crippen molar-refractivity contribution in [2.24, 2.45) is 5.41 Å². The van der Waals surface area contributed by atoms with Gasteiger partial charge in [0.15, 0.2) is 0 Å². The average Bonchev–Trinajstić information content (AvgIpc) is 2.51. The van der Waals surface area contributed by atoms with Crippen LogP contribution in [-0.2, 0) is 14.4 Å². The van der Waals surface area contributed by atoms with Crippen molar-refractivity contribution in [1.29, 1.82) is 0 Å². The molecule has 1 saturated heterocycles. The van der Waals surface area contributed by atoms with Gasteiger partial charge in [0, 0.05) is 6.54 Å². The number of hydroxylamine groups is 2. The van der Waals surface area contributed by atoms with E-state index in [9.17, 15) is 4.79 Å². The van der Waals surface area contributed by atoms with Crippen LogP contribution < -0.4 is 0 Å². The summed E-state index contributed by atoms with van der Waals surface area (Å²) in [6.07, 6.45) is 5.41. The molecule has 5 heteroatoms. The van der Waals surface area contributed by atoms with Gasteiger partial charge in [0.2, 0.25) is 0 Å². The van der Waals surface area contributed by atoms with Crippen LogP contribution >= 0.6 is 0 Å². The van der Waals surface area contributed by atoms with Crippen LogP contribution in [0.4, 0.5) is 0 Å². The molecule has 0 aromatic heterocycles. The lowest BCUT2D eigenvalue weighted by atomic mass is 9.90. The number of carboxylic acid groups (broad SMARTS) is 1. The Kier molecular flexibility index (Phi) is 13.2. The SMILES string of the molecule is C=CC(C)(C)CCON1CCCC[C@H]1C(=O)O.C=O.CC. The topological polar surface area (TPSA) is 66.8 Å². The minimum atomic E-state index is -0.785. The fraction of sp³-hybridized carbons (Fsp3) is 0.750. The number of nitrogens with zero attached hydrogens (tertiary/aromatic N) is 1. The highest BCUT2D eigenvalue weighted by molar-refractivity contribution is 5.73. The molecule has 0 unspecified atom stereocenters. The van der Waals surface area contributed by atoms with Crippen LogP contribution in [0.25, 0.3) is 0 Å². The van der Waals surface area contributed by atoms with E-state index >= 15 is 0 Å². The highest BCUT2D eigenvalue weighted by Gasteiger charge is 2.29. The molecule has 1 rings (SSSR count). The summed E-state index contributed by atoms with van der Waals surface area (Å²) in [6, 6.07) is -0.476. The monoisotopic (exact) mass is 301 g/mol. The lowest BCUT2D eigenvalue weighted by Crippen LogP contribution is -2.44. The summed E-state index contributed by atoms with van der Waals surface area (Å²) in [7, 11) is 0. The Morgan fingerprint density at radius 1 is 1.38 bits per heavy atom. The second kappa shape index (κ2) is 12.5. The van der Waals surface area contributed by atoms with Crippen LogP contribution in [0.1, 0.15) is 53.4 Å². The Labute approximate surface area is 128 Å². The maximum atomic E-state index is 11.0. The molecule has 1 atom stereocenters. The first-order valence-electron chi connectivity index (χ1n) is 7.51. The van der Waals surface area contributed by atoms with Gasteiger partial charge < -0.3 is 9.90 Å². The largest absolute Gasteiger partial charge is 0.480 e. The zero-order valence-electron chi connectivity index (χ0n) is 13.9. The van der Waals surface area contributed by atoms with Gasteiger partial charge >= 0.3 is 5.97 Å². The van der Waals surface area contributed by atoms with Crippen LogP contribution in [0.5, 0.6) is 0 Å². The van der Waals surface area contributed by atoms with E-state index in [0.29, 0.717) is 19.6 Å². The summed E-state index contributed by atoms with van der Waals surface area (Å²) in [5.41, 5.74) is 0.0362. The predicted octanol–water partition coefficient (Wildman–Crippen LogP) is 3.30. The van der Waals surface area contributed by atoms with Crippen LogP contribution in [0.15, 0.2) is 12.7 Å². The van der Waals surface area contributed by atoms with E-state index in [1.54, 1.807) is 5.06 Å². The van der Waals surface area contributed by atoms with Crippen molar-refractivity contribution >= 4 is 12.8 Å². The van der Waals surface area contributed by atoms with Gasteiger partial charge in [0.05, 0.1) is 6.61 Å².